The number of carbonyl (C=O) groups excluding carboxylic acids is 2. The van der Waals surface area contributed by atoms with Crippen molar-refractivity contribution in [3.63, 3.8) is 0 Å². The van der Waals surface area contributed by atoms with Crippen LogP contribution in [-0.2, 0) is 19.6 Å². The molecular formula is C19H24N4O5S4. The van der Waals surface area contributed by atoms with Crippen LogP contribution < -0.4 is 4.72 Å². The van der Waals surface area contributed by atoms with Crippen LogP contribution in [0.4, 0.5) is 5.13 Å². The van der Waals surface area contributed by atoms with Crippen LogP contribution in [0.15, 0.2) is 32.3 Å². The highest BCUT2D eigenvalue weighted by Crippen LogP contribution is 2.30. The van der Waals surface area contributed by atoms with Crippen LogP contribution in [0.3, 0.4) is 0 Å². The van der Waals surface area contributed by atoms with Crippen LogP contribution in [0, 0.1) is 5.92 Å². The van der Waals surface area contributed by atoms with E-state index in [4.69, 9.17) is 0 Å². The van der Waals surface area contributed by atoms with Gasteiger partial charge in [-0.15, -0.1) is 22.0 Å². The van der Waals surface area contributed by atoms with E-state index in [1.807, 2.05) is 6.26 Å². The molecule has 2 aromatic rings. The number of esters is 1. The number of rotatable bonds is 8. The van der Waals surface area contributed by atoms with Crippen molar-refractivity contribution in [1.82, 2.24) is 15.1 Å². The van der Waals surface area contributed by atoms with Crippen LogP contribution in [-0.4, -0.2) is 67.6 Å². The first-order chi connectivity index (χ1) is 15.2. The highest BCUT2D eigenvalue weighted by atomic mass is 32.2. The maximum atomic E-state index is 13.1. The minimum Gasteiger partial charge on any atom is -0.468 e. The van der Waals surface area contributed by atoms with Gasteiger partial charge in [-0.25, -0.2) is 8.42 Å². The smallest absolute Gasteiger partial charge is 0.316 e. The molecule has 0 unspecified atom stereocenters. The fourth-order valence-electron chi connectivity index (χ4n) is 3.07. The second kappa shape index (κ2) is 10.9. The van der Waals surface area contributed by atoms with E-state index >= 15 is 0 Å². The van der Waals surface area contributed by atoms with Gasteiger partial charge in [-0.05, 0) is 43.2 Å². The SMILES string of the molecule is COC(=O)CSc1nnc(NS(=O)(=O)c2ccc(SC)c(C(=O)N3CCC(C)CC3)c2)s1. The Labute approximate surface area is 199 Å². The van der Waals surface area contributed by atoms with Crippen molar-refractivity contribution in [3.8, 4) is 0 Å². The molecule has 3 rings (SSSR count). The minimum absolute atomic E-state index is 0.0250. The number of nitrogens with one attached hydrogen (secondary N) is 1. The van der Waals surface area contributed by atoms with Gasteiger partial charge in [-0.2, -0.15) is 0 Å². The molecule has 1 fully saturated rings. The van der Waals surface area contributed by atoms with Crippen LogP contribution in [0.2, 0.25) is 0 Å². The van der Waals surface area contributed by atoms with Gasteiger partial charge in [0.05, 0.1) is 23.3 Å². The summed E-state index contributed by atoms with van der Waals surface area (Å²) < 4.78 is 33.3. The zero-order valence-corrected chi connectivity index (χ0v) is 21.1. The van der Waals surface area contributed by atoms with Crippen LogP contribution >= 0.6 is 34.9 Å². The summed E-state index contributed by atoms with van der Waals surface area (Å²) in [5, 5.41) is 7.78. The second-order valence-electron chi connectivity index (χ2n) is 7.18. The lowest BCUT2D eigenvalue weighted by Gasteiger charge is -2.30. The summed E-state index contributed by atoms with van der Waals surface area (Å²) in [4.78, 5) is 26.8. The first kappa shape index (κ1) is 24.8. The molecule has 1 aromatic carbocycles. The number of carbonyl (C=O) groups is 2. The molecule has 2 heterocycles. The zero-order chi connectivity index (χ0) is 23.3. The molecule has 0 bridgehead atoms. The number of aromatic nitrogens is 2. The quantitative estimate of drug-likeness (QED) is 0.417. The van der Waals surface area contributed by atoms with Gasteiger partial charge in [0.2, 0.25) is 5.13 Å². The Hall–Kier alpha value is -1.83. The van der Waals surface area contributed by atoms with E-state index in [-0.39, 0.29) is 21.7 Å². The lowest BCUT2D eigenvalue weighted by atomic mass is 9.98. The van der Waals surface area contributed by atoms with E-state index < -0.39 is 16.0 Å². The summed E-state index contributed by atoms with van der Waals surface area (Å²) in [6, 6.07) is 4.54. The number of ether oxygens (including phenoxy) is 1. The summed E-state index contributed by atoms with van der Waals surface area (Å²) in [5.41, 5.74) is 0.376. The first-order valence-corrected chi connectivity index (χ1v) is 14.3. The van der Waals surface area contributed by atoms with Crippen molar-refractivity contribution >= 4 is 61.9 Å². The number of hydrogen-bond donors (Lipinski definition) is 1. The largest absolute Gasteiger partial charge is 0.468 e. The maximum absolute atomic E-state index is 13.1. The molecule has 1 amide bonds. The highest BCUT2D eigenvalue weighted by Gasteiger charge is 2.26. The van der Waals surface area contributed by atoms with Crippen molar-refractivity contribution in [1.29, 1.82) is 0 Å². The van der Waals surface area contributed by atoms with Gasteiger partial charge in [0.25, 0.3) is 15.9 Å². The molecule has 32 heavy (non-hydrogen) atoms. The molecule has 174 valence electrons. The van der Waals surface area contributed by atoms with Gasteiger partial charge >= 0.3 is 5.97 Å². The Morgan fingerprint density at radius 3 is 2.66 bits per heavy atom. The molecule has 1 saturated heterocycles. The molecule has 1 aromatic heterocycles. The molecule has 0 aliphatic carbocycles. The van der Waals surface area contributed by atoms with E-state index in [2.05, 4.69) is 26.6 Å². The van der Waals surface area contributed by atoms with Gasteiger partial charge < -0.3 is 9.64 Å². The molecule has 1 aliphatic rings. The molecule has 0 saturated carbocycles. The monoisotopic (exact) mass is 516 g/mol. The Morgan fingerprint density at radius 1 is 1.28 bits per heavy atom. The number of amides is 1. The molecule has 0 radical (unpaired) electrons. The maximum Gasteiger partial charge on any atom is 0.316 e. The van der Waals surface area contributed by atoms with Gasteiger partial charge in [-0.3, -0.25) is 14.3 Å². The highest BCUT2D eigenvalue weighted by molar-refractivity contribution is 8.01. The van der Waals surface area contributed by atoms with E-state index in [9.17, 15) is 18.0 Å². The van der Waals surface area contributed by atoms with Gasteiger partial charge in [0.1, 0.15) is 0 Å². The minimum atomic E-state index is -3.98. The third-order valence-electron chi connectivity index (χ3n) is 4.95. The van der Waals surface area contributed by atoms with Crippen molar-refractivity contribution in [2.45, 2.75) is 33.9 Å². The number of nitrogens with zero attached hydrogens (tertiary/aromatic N) is 3. The molecule has 1 aliphatic heterocycles. The molecule has 13 heteroatoms. The average Bonchev–Trinajstić information content (AvgIpc) is 3.23. The molecule has 1 N–H and O–H groups in total. The lowest BCUT2D eigenvalue weighted by molar-refractivity contribution is -0.137. The fraction of sp³-hybridized carbons (Fsp3) is 0.474. The number of piperidine rings is 1. The predicted molar refractivity (Wildman–Crippen MR) is 126 cm³/mol. The summed E-state index contributed by atoms with van der Waals surface area (Å²) >= 11 is 3.52. The van der Waals surface area contributed by atoms with E-state index in [0.717, 1.165) is 40.8 Å². The number of anilines is 1. The number of benzene rings is 1. The second-order valence-corrected chi connectivity index (χ2v) is 11.9. The summed E-state index contributed by atoms with van der Waals surface area (Å²) in [5.74, 6) is 0.0595. The molecular weight excluding hydrogens is 493 g/mol. The Kier molecular flexibility index (Phi) is 8.42. The van der Waals surface area contributed by atoms with Crippen LogP contribution in [0.25, 0.3) is 0 Å². The molecule has 0 atom stereocenters. The van der Waals surface area contributed by atoms with Crippen molar-refractivity contribution in [2.24, 2.45) is 5.92 Å². The van der Waals surface area contributed by atoms with Gasteiger partial charge in [0, 0.05) is 18.0 Å². The van der Waals surface area contributed by atoms with E-state index in [0.29, 0.717) is 28.9 Å². The average molecular weight is 517 g/mol. The fourth-order valence-corrected chi connectivity index (χ4v) is 6.48. The van der Waals surface area contributed by atoms with E-state index in [1.165, 1.54) is 31.0 Å². The first-order valence-electron chi connectivity index (χ1n) is 9.76. The Balaban J connectivity index is 1.78. The van der Waals surface area contributed by atoms with E-state index in [1.54, 1.807) is 11.0 Å². The zero-order valence-electron chi connectivity index (χ0n) is 17.9. The van der Waals surface area contributed by atoms with Crippen molar-refractivity contribution in [2.75, 3.05) is 36.9 Å². The third-order valence-corrected chi connectivity index (χ3v) is 9.16. The van der Waals surface area contributed by atoms with Crippen LogP contribution in [0.5, 0.6) is 0 Å². The number of thioether (sulfide) groups is 2. The third kappa shape index (κ3) is 6.15. The molecule has 9 nitrogen and oxygen atoms in total. The normalized spacial score (nSPS) is 14.9. The van der Waals surface area contributed by atoms with Gasteiger partial charge in [0.15, 0.2) is 4.34 Å². The number of hydrogen-bond acceptors (Lipinski definition) is 10. The lowest BCUT2D eigenvalue weighted by Crippen LogP contribution is -2.38. The molecule has 0 spiro atoms. The van der Waals surface area contributed by atoms with Crippen molar-refractivity contribution in [3.05, 3.63) is 23.8 Å². The Morgan fingerprint density at radius 2 is 2.00 bits per heavy atom. The predicted octanol–water partition coefficient (Wildman–Crippen LogP) is 3.20. The number of methoxy groups -OCH3 is 1. The summed E-state index contributed by atoms with van der Waals surface area (Å²) in [6.45, 7) is 3.50. The van der Waals surface area contributed by atoms with Crippen LogP contribution in [0.1, 0.15) is 30.1 Å². The summed E-state index contributed by atoms with van der Waals surface area (Å²) in [6.07, 6.45) is 3.73. The van der Waals surface area contributed by atoms with Gasteiger partial charge in [-0.1, -0.05) is 30.0 Å². The topological polar surface area (TPSA) is 119 Å². The van der Waals surface area contributed by atoms with Crippen molar-refractivity contribution < 1.29 is 22.7 Å². The number of likely N-dealkylation sites (tertiary alicyclic amines) is 1. The number of sulfonamides is 1. The Bertz CT molecular complexity index is 1080. The summed E-state index contributed by atoms with van der Waals surface area (Å²) in [7, 11) is -2.69. The standard InChI is InChI=1S/C19H24N4O5S4/c1-12-6-8-23(9-7-12)17(25)14-10-13(4-5-15(14)29-3)32(26,27)22-18-20-21-19(31-18)30-11-16(24)28-2/h4-5,10,12H,6-9,11H2,1-3H3,(H,20,22).